The molecule has 0 atom stereocenters. The van der Waals surface area contributed by atoms with Gasteiger partial charge in [0.1, 0.15) is 0 Å². The first-order chi connectivity index (χ1) is 28.1. The standard InChI is InChI=1S/C55H40N2/c1-4-14-38-31-43(25-23-36(38)5-2)55-48-20-11-10-19-47(48)54(42-26-24-37-15-6-7-16-39(37)32-42)49-30-28-40(33-50(49)55)41-27-29-46-45-18-9-8-17-44(45)35-57(53(46)34-41)52-22-13-12-21-51(52)56-3/h4-34H,2-3,35H2,1H3/b14-4-. The first-order valence-corrected chi connectivity index (χ1v) is 19.6. The average Bonchev–Trinajstić information content (AvgIpc) is 3.27. The van der Waals surface area contributed by atoms with E-state index in [1.807, 2.05) is 18.2 Å². The Kier molecular flexibility index (Phi) is 8.46. The summed E-state index contributed by atoms with van der Waals surface area (Å²) in [5.41, 5.74) is 16.3. The number of aliphatic imine (C=N–C) groups is 1. The summed E-state index contributed by atoms with van der Waals surface area (Å²) in [5, 5.41) is 7.38. The summed E-state index contributed by atoms with van der Waals surface area (Å²) in [7, 11) is 0. The number of anilines is 2. The summed E-state index contributed by atoms with van der Waals surface area (Å²) >= 11 is 0. The highest BCUT2D eigenvalue weighted by Crippen LogP contribution is 2.49. The van der Waals surface area contributed by atoms with Gasteiger partial charge in [0.25, 0.3) is 0 Å². The van der Waals surface area contributed by atoms with Gasteiger partial charge in [0, 0.05) is 12.1 Å². The maximum absolute atomic E-state index is 4.43. The SMILES string of the molecule is C=Cc1ccc(-c2c3ccccc3c(-c3ccc4ccccc4c3)c3ccc(-c4ccc5c(c4)N(c4ccccc4N=C)Cc4ccccc4-5)cc23)cc1/C=C\C. The van der Waals surface area contributed by atoms with Crippen LogP contribution in [0.1, 0.15) is 23.6 Å². The molecule has 0 aliphatic carbocycles. The van der Waals surface area contributed by atoms with Crippen molar-refractivity contribution < 1.29 is 0 Å². The van der Waals surface area contributed by atoms with E-state index in [0.717, 1.165) is 45.9 Å². The number of rotatable bonds is 7. The van der Waals surface area contributed by atoms with E-state index < -0.39 is 0 Å². The van der Waals surface area contributed by atoms with E-state index >= 15 is 0 Å². The van der Waals surface area contributed by atoms with Gasteiger partial charge in [0.05, 0.1) is 17.1 Å². The van der Waals surface area contributed by atoms with Crippen LogP contribution in [0, 0.1) is 0 Å². The zero-order valence-electron chi connectivity index (χ0n) is 31.9. The molecular weight excluding hydrogens is 689 g/mol. The van der Waals surface area contributed by atoms with Gasteiger partial charge in [-0.2, -0.15) is 0 Å². The van der Waals surface area contributed by atoms with Crippen LogP contribution in [0.3, 0.4) is 0 Å². The zero-order valence-corrected chi connectivity index (χ0v) is 31.9. The normalized spacial score (nSPS) is 12.3. The van der Waals surface area contributed by atoms with E-state index in [1.165, 1.54) is 71.3 Å². The Morgan fingerprint density at radius 1 is 0.509 bits per heavy atom. The van der Waals surface area contributed by atoms with Crippen molar-refractivity contribution in [2.75, 3.05) is 4.90 Å². The second-order valence-electron chi connectivity index (χ2n) is 14.8. The van der Waals surface area contributed by atoms with Crippen molar-refractivity contribution in [2.45, 2.75) is 13.5 Å². The maximum Gasteiger partial charge on any atom is 0.0859 e. The summed E-state index contributed by atoms with van der Waals surface area (Å²) < 4.78 is 0. The summed E-state index contributed by atoms with van der Waals surface area (Å²) in [4.78, 5) is 6.83. The predicted molar refractivity (Wildman–Crippen MR) is 247 cm³/mol. The van der Waals surface area contributed by atoms with Crippen molar-refractivity contribution in [3.63, 3.8) is 0 Å². The Labute approximate surface area is 334 Å². The molecule has 0 fully saturated rings. The molecule has 2 heteroatoms. The minimum absolute atomic E-state index is 0.747. The van der Waals surface area contributed by atoms with Gasteiger partial charge in [-0.15, -0.1) is 0 Å². The Balaban J connectivity index is 1.25. The van der Waals surface area contributed by atoms with Crippen molar-refractivity contribution in [3.05, 3.63) is 199 Å². The van der Waals surface area contributed by atoms with E-state index in [1.54, 1.807) is 0 Å². The van der Waals surface area contributed by atoms with Gasteiger partial charge in [0.15, 0.2) is 0 Å². The molecule has 0 saturated heterocycles. The molecule has 0 saturated carbocycles. The van der Waals surface area contributed by atoms with Crippen LogP contribution in [-0.4, -0.2) is 6.72 Å². The lowest BCUT2D eigenvalue weighted by molar-refractivity contribution is 0.961. The summed E-state index contributed by atoms with van der Waals surface area (Å²) in [5.74, 6) is 0. The van der Waals surface area contributed by atoms with Crippen molar-refractivity contribution in [1.29, 1.82) is 0 Å². The van der Waals surface area contributed by atoms with Crippen LogP contribution in [0.5, 0.6) is 0 Å². The predicted octanol–water partition coefficient (Wildman–Crippen LogP) is 15.5. The van der Waals surface area contributed by atoms with Gasteiger partial charge in [-0.3, -0.25) is 4.99 Å². The Morgan fingerprint density at radius 2 is 1.16 bits per heavy atom. The second-order valence-corrected chi connectivity index (χ2v) is 14.8. The van der Waals surface area contributed by atoms with Crippen LogP contribution in [-0.2, 0) is 6.54 Å². The molecule has 0 N–H and O–H groups in total. The molecule has 0 spiro atoms. The maximum atomic E-state index is 4.43. The molecule has 10 rings (SSSR count). The molecule has 0 bridgehead atoms. The molecule has 0 unspecified atom stereocenters. The van der Waals surface area contributed by atoms with Crippen LogP contribution in [0.15, 0.2) is 188 Å². The lowest BCUT2D eigenvalue weighted by Gasteiger charge is -2.34. The minimum Gasteiger partial charge on any atom is -0.335 e. The van der Waals surface area contributed by atoms with Crippen molar-refractivity contribution in [2.24, 2.45) is 4.99 Å². The van der Waals surface area contributed by atoms with Crippen LogP contribution in [0.2, 0.25) is 0 Å². The highest BCUT2D eigenvalue weighted by molar-refractivity contribution is 6.22. The van der Waals surface area contributed by atoms with E-state index in [2.05, 4.69) is 200 Å². The Morgan fingerprint density at radius 3 is 1.98 bits per heavy atom. The molecule has 57 heavy (non-hydrogen) atoms. The van der Waals surface area contributed by atoms with E-state index in [0.29, 0.717) is 0 Å². The van der Waals surface area contributed by atoms with Gasteiger partial charge >= 0.3 is 0 Å². The van der Waals surface area contributed by atoms with Gasteiger partial charge in [-0.25, -0.2) is 0 Å². The fraction of sp³-hybridized carbons (Fsp3) is 0.0364. The molecule has 1 aliphatic heterocycles. The zero-order chi connectivity index (χ0) is 38.5. The summed E-state index contributed by atoms with van der Waals surface area (Å²) in [6, 6.07) is 62.2. The quantitative estimate of drug-likeness (QED) is 0.118. The van der Waals surface area contributed by atoms with Gasteiger partial charge in [0.2, 0.25) is 0 Å². The van der Waals surface area contributed by atoms with Crippen molar-refractivity contribution in [3.8, 4) is 44.5 Å². The van der Waals surface area contributed by atoms with E-state index in [-0.39, 0.29) is 0 Å². The third kappa shape index (κ3) is 5.77. The monoisotopic (exact) mass is 728 g/mol. The third-order valence-electron chi connectivity index (χ3n) is 11.6. The fourth-order valence-corrected chi connectivity index (χ4v) is 8.94. The second kappa shape index (κ2) is 14.1. The highest BCUT2D eigenvalue weighted by Gasteiger charge is 2.25. The number of benzene rings is 9. The molecule has 270 valence electrons. The molecular formula is C55H40N2. The van der Waals surface area contributed by atoms with Crippen LogP contribution >= 0.6 is 0 Å². The van der Waals surface area contributed by atoms with Crippen LogP contribution < -0.4 is 4.90 Å². The van der Waals surface area contributed by atoms with Gasteiger partial charge in [-0.05, 0) is 138 Å². The summed E-state index contributed by atoms with van der Waals surface area (Å²) in [6.07, 6.45) is 6.22. The third-order valence-corrected chi connectivity index (χ3v) is 11.6. The van der Waals surface area contributed by atoms with Crippen LogP contribution in [0.25, 0.3) is 89.0 Å². The minimum atomic E-state index is 0.747. The molecule has 0 aromatic heterocycles. The topological polar surface area (TPSA) is 15.6 Å². The van der Waals surface area contributed by atoms with Gasteiger partial charge < -0.3 is 4.90 Å². The van der Waals surface area contributed by atoms with Crippen molar-refractivity contribution in [1.82, 2.24) is 0 Å². The molecule has 9 aromatic carbocycles. The van der Waals surface area contributed by atoms with Crippen LogP contribution in [0.4, 0.5) is 17.1 Å². The molecule has 1 aliphatic rings. The Hall–Kier alpha value is -7.29. The Bertz CT molecular complexity index is 3110. The number of hydrogen-bond acceptors (Lipinski definition) is 2. The largest absolute Gasteiger partial charge is 0.335 e. The number of fused-ring (bicyclic) bond motifs is 6. The fourth-order valence-electron chi connectivity index (χ4n) is 8.94. The number of para-hydroxylation sites is 2. The summed E-state index contributed by atoms with van der Waals surface area (Å²) in [6.45, 7) is 10.9. The smallest absolute Gasteiger partial charge is 0.0859 e. The molecule has 1 heterocycles. The number of nitrogens with zero attached hydrogens (tertiary/aromatic N) is 2. The molecule has 2 nitrogen and oxygen atoms in total. The van der Waals surface area contributed by atoms with E-state index in [9.17, 15) is 0 Å². The lowest BCUT2D eigenvalue weighted by atomic mass is 9.83. The first-order valence-electron chi connectivity index (χ1n) is 19.6. The van der Waals surface area contributed by atoms with Crippen molar-refractivity contribution >= 4 is 68.2 Å². The lowest BCUT2D eigenvalue weighted by Crippen LogP contribution is -2.21. The average molecular weight is 729 g/mol. The molecule has 0 amide bonds. The number of hydrogen-bond donors (Lipinski definition) is 0. The van der Waals surface area contributed by atoms with E-state index in [4.69, 9.17) is 0 Å². The van der Waals surface area contributed by atoms with Gasteiger partial charge in [-0.1, -0.05) is 158 Å². The molecule has 9 aromatic rings. The highest BCUT2D eigenvalue weighted by atomic mass is 15.2. The number of allylic oxidation sites excluding steroid dienone is 1. The first kappa shape index (κ1) is 34.2. The molecule has 0 radical (unpaired) electrons.